The molecule has 10 nitrogen and oxygen atoms in total. The molecule has 1 aromatic carbocycles. The number of nitrogens with zero attached hydrogens (tertiary/aromatic N) is 5. The first-order chi connectivity index (χ1) is 22.1. The zero-order valence-corrected chi connectivity index (χ0v) is 26.3. The highest BCUT2D eigenvalue weighted by Gasteiger charge is 2.49. The molecule has 12 heteroatoms. The van der Waals surface area contributed by atoms with E-state index < -0.39 is 29.2 Å². The van der Waals surface area contributed by atoms with Crippen molar-refractivity contribution < 1.29 is 28.2 Å². The lowest BCUT2D eigenvalue weighted by molar-refractivity contribution is 0.107. The molecule has 9 rings (SSSR count). The summed E-state index contributed by atoms with van der Waals surface area (Å²) in [7, 11) is 0. The Morgan fingerprint density at radius 3 is 2.93 bits per heavy atom. The van der Waals surface area contributed by atoms with Gasteiger partial charge < -0.3 is 24.8 Å². The molecule has 3 aromatic rings. The van der Waals surface area contributed by atoms with Crippen LogP contribution in [0.4, 0.5) is 19.4 Å². The summed E-state index contributed by atoms with van der Waals surface area (Å²) in [5.74, 6) is 0.271. The molecule has 3 saturated heterocycles. The van der Waals surface area contributed by atoms with Gasteiger partial charge in [-0.1, -0.05) is 0 Å². The van der Waals surface area contributed by atoms with Crippen molar-refractivity contribution in [3.8, 4) is 23.0 Å². The number of amides is 1. The van der Waals surface area contributed by atoms with Crippen LogP contribution >= 0.6 is 0 Å². The van der Waals surface area contributed by atoms with Crippen LogP contribution in [-0.4, -0.2) is 87.7 Å². The molecule has 1 aliphatic carbocycles. The Morgan fingerprint density at radius 2 is 2.07 bits per heavy atom. The van der Waals surface area contributed by atoms with Gasteiger partial charge in [-0.05, 0) is 94.0 Å². The molecular weight excluding hydrogens is 594 g/mol. The predicted molar refractivity (Wildman–Crippen MR) is 167 cm³/mol. The number of pyridine rings is 1. The van der Waals surface area contributed by atoms with Gasteiger partial charge in [0, 0.05) is 37.8 Å². The molecule has 0 spiro atoms. The highest BCUT2D eigenvalue weighted by atomic mass is 19.1. The highest BCUT2D eigenvalue weighted by Crippen LogP contribution is 2.54. The number of piperidine rings is 1. The van der Waals surface area contributed by atoms with Crippen molar-refractivity contribution in [1.29, 1.82) is 0 Å². The van der Waals surface area contributed by atoms with Crippen LogP contribution in [0.2, 0.25) is 0 Å². The summed E-state index contributed by atoms with van der Waals surface area (Å²) in [4.78, 5) is 31.2. The first-order valence-electron chi connectivity index (χ1n) is 16.5. The zero-order valence-electron chi connectivity index (χ0n) is 26.3. The first kappa shape index (κ1) is 29.6. The molecule has 5 atom stereocenters. The van der Waals surface area contributed by atoms with Crippen LogP contribution in [0.15, 0.2) is 18.3 Å². The number of aromatic hydroxyl groups is 1. The number of fused-ring (bicyclic) bond motifs is 6. The maximum absolute atomic E-state index is 16.9. The summed E-state index contributed by atoms with van der Waals surface area (Å²) in [5.41, 5.74) is 1.47. The quantitative estimate of drug-likeness (QED) is 0.392. The third kappa shape index (κ3) is 5.09. The summed E-state index contributed by atoms with van der Waals surface area (Å²) in [6.45, 7) is 6.65. The standard InChI is InChI=1S/C34H40F2N6O4/c1-19-11-22(43)13-24-26(19)23-12-20(23)5-10-45-32(44)40-33(2)6-3-8-41(17-33)30-25-15-37-28(24)27(36)29(25)38-31(39-30)46-18-34-7-4-9-42(34)16-21(35)14-34/h11,13,15,20-21,23,43H,3-10,12,14,16-18H2,1-2H3,(H,40,44)/t20-,21-,23+,33-,34+/m1/s1. The van der Waals surface area contributed by atoms with E-state index >= 15 is 4.39 Å². The fourth-order valence-corrected chi connectivity index (χ4v) is 8.66. The van der Waals surface area contributed by atoms with Crippen molar-refractivity contribution in [2.75, 3.05) is 44.3 Å². The second-order valence-electron chi connectivity index (χ2n) is 14.3. The number of phenols is 1. The number of carbonyl (C=O) groups excluding carboxylic acids is 1. The number of ether oxygens (including phenoxy) is 2. The third-order valence-corrected chi connectivity index (χ3v) is 10.9. The Labute approximate surface area is 266 Å². The van der Waals surface area contributed by atoms with E-state index in [0.29, 0.717) is 49.2 Å². The van der Waals surface area contributed by atoms with Gasteiger partial charge >= 0.3 is 12.1 Å². The van der Waals surface area contributed by atoms with E-state index in [4.69, 9.17) is 14.5 Å². The number of aryl methyl sites for hydroxylation is 1. The number of anilines is 1. The number of rotatable bonds is 3. The summed E-state index contributed by atoms with van der Waals surface area (Å²) < 4.78 is 43.3. The average molecular weight is 635 g/mol. The Morgan fingerprint density at radius 1 is 1.22 bits per heavy atom. The summed E-state index contributed by atoms with van der Waals surface area (Å²) in [5, 5.41) is 14.1. The van der Waals surface area contributed by atoms with E-state index in [1.807, 2.05) is 18.7 Å². The SMILES string of the molecule is Cc1cc(O)cc2c1[C@H]1C[C@H]1CCOC(=O)N[C@]1(C)CCCN(C1)c1nc(OC[C@@]34CCCN3C[C@H](F)C4)nc3c(F)c-2ncc13. The van der Waals surface area contributed by atoms with Crippen molar-refractivity contribution in [3.63, 3.8) is 0 Å². The van der Waals surface area contributed by atoms with Gasteiger partial charge in [-0.25, -0.2) is 13.6 Å². The van der Waals surface area contributed by atoms with Crippen LogP contribution in [0, 0.1) is 18.7 Å². The van der Waals surface area contributed by atoms with Crippen LogP contribution in [-0.2, 0) is 4.74 Å². The van der Waals surface area contributed by atoms with E-state index in [1.54, 1.807) is 18.3 Å². The second-order valence-corrected chi connectivity index (χ2v) is 14.3. The van der Waals surface area contributed by atoms with E-state index in [0.717, 1.165) is 49.8 Å². The molecule has 2 aromatic heterocycles. The molecule has 6 aliphatic rings. The smallest absolute Gasteiger partial charge is 0.407 e. The van der Waals surface area contributed by atoms with E-state index in [1.165, 1.54) is 0 Å². The van der Waals surface area contributed by atoms with Crippen LogP contribution in [0.3, 0.4) is 0 Å². The lowest BCUT2D eigenvalue weighted by atomic mass is 9.91. The molecule has 1 amide bonds. The molecule has 0 unspecified atom stereocenters. The van der Waals surface area contributed by atoms with Crippen LogP contribution in [0.1, 0.15) is 68.9 Å². The fraction of sp³-hybridized carbons (Fsp3) is 0.588. The Hall–Kier alpha value is -3.80. The van der Waals surface area contributed by atoms with Gasteiger partial charge in [0.1, 0.15) is 35.6 Å². The fourth-order valence-electron chi connectivity index (χ4n) is 8.66. The number of halogens is 2. The van der Waals surface area contributed by atoms with Gasteiger partial charge in [0.05, 0.1) is 23.1 Å². The second kappa shape index (κ2) is 10.9. The van der Waals surface area contributed by atoms with Gasteiger partial charge in [0.2, 0.25) is 0 Å². The monoisotopic (exact) mass is 634 g/mol. The lowest BCUT2D eigenvalue weighted by Gasteiger charge is -2.41. The molecule has 2 N–H and O–H groups in total. The molecule has 5 aliphatic heterocycles. The van der Waals surface area contributed by atoms with Crippen molar-refractivity contribution in [3.05, 3.63) is 35.3 Å². The summed E-state index contributed by atoms with van der Waals surface area (Å²) in [6, 6.07) is 3.29. The van der Waals surface area contributed by atoms with Gasteiger partial charge in [-0.3, -0.25) is 9.88 Å². The Kier molecular flexibility index (Phi) is 7.00. The molecular formula is C34H40F2N6O4. The van der Waals surface area contributed by atoms with Crippen molar-refractivity contribution >= 4 is 22.8 Å². The van der Waals surface area contributed by atoms with E-state index in [-0.39, 0.29) is 48.0 Å². The van der Waals surface area contributed by atoms with Crippen molar-refractivity contribution in [1.82, 2.24) is 25.2 Å². The highest BCUT2D eigenvalue weighted by molar-refractivity contribution is 5.92. The van der Waals surface area contributed by atoms with Gasteiger partial charge in [-0.2, -0.15) is 9.97 Å². The number of carbonyl (C=O) groups is 1. The van der Waals surface area contributed by atoms with E-state index in [2.05, 4.69) is 20.2 Å². The topological polar surface area (TPSA) is 113 Å². The molecule has 46 heavy (non-hydrogen) atoms. The number of nitrogens with one attached hydrogen (secondary N) is 1. The van der Waals surface area contributed by atoms with Crippen LogP contribution in [0.25, 0.3) is 22.2 Å². The number of benzene rings is 1. The summed E-state index contributed by atoms with van der Waals surface area (Å²) in [6.07, 6.45) is 5.49. The largest absolute Gasteiger partial charge is 0.508 e. The third-order valence-electron chi connectivity index (χ3n) is 10.9. The molecule has 0 radical (unpaired) electrons. The minimum absolute atomic E-state index is 0.0224. The minimum Gasteiger partial charge on any atom is -0.508 e. The van der Waals surface area contributed by atoms with Gasteiger partial charge in [-0.15, -0.1) is 0 Å². The van der Waals surface area contributed by atoms with Crippen LogP contribution < -0.4 is 15.0 Å². The molecule has 7 heterocycles. The number of alkyl carbamates (subject to hydrolysis) is 1. The molecule has 4 fully saturated rings. The predicted octanol–water partition coefficient (Wildman–Crippen LogP) is 5.39. The Balaban J connectivity index is 1.27. The number of hydrogen-bond donors (Lipinski definition) is 2. The average Bonchev–Trinajstić information content (AvgIpc) is 3.53. The summed E-state index contributed by atoms with van der Waals surface area (Å²) >= 11 is 0. The minimum atomic E-state index is -0.907. The molecule has 244 valence electrons. The number of hydrogen-bond acceptors (Lipinski definition) is 9. The molecule has 1 saturated carbocycles. The maximum Gasteiger partial charge on any atom is 0.407 e. The molecule has 6 bridgehead atoms. The maximum atomic E-state index is 16.9. The Bertz CT molecular complexity index is 1720. The van der Waals surface area contributed by atoms with Gasteiger partial charge in [0.15, 0.2) is 5.82 Å². The van der Waals surface area contributed by atoms with Crippen LogP contribution in [0.5, 0.6) is 11.8 Å². The first-order valence-corrected chi connectivity index (χ1v) is 16.5. The van der Waals surface area contributed by atoms with Crippen molar-refractivity contribution in [2.45, 2.75) is 82.0 Å². The van der Waals surface area contributed by atoms with E-state index in [9.17, 15) is 14.3 Å². The number of alkyl halides is 1. The number of phenolic OH excluding ortho intramolecular Hbond substituents is 1. The number of aromatic nitrogens is 3. The van der Waals surface area contributed by atoms with Crippen molar-refractivity contribution in [2.24, 2.45) is 5.92 Å². The zero-order chi connectivity index (χ0) is 31.8. The lowest BCUT2D eigenvalue weighted by Crippen LogP contribution is -2.57. The normalized spacial score (nSPS) is 30.8. The van der Waals surface area contributed by atoms with Gasteiger partial charge in [0.25, 0.3) is 0 Å².